The van der Waals surface area contributed by atoms with E-state index in [4.69, 9.17) is 5.73 Å². The van der Waals surface area contributed by atoms with Gasteiger partial charge in [-0.3, -0.25) is 9.89 Å². The maximum absolute atomic E-state index is 12.0. The summed E-state index contributed by atoms with van der Waals surface area (Å²) in [5.41, 5.74) is 7.58. The molecule has 0 aliphatic heterocycles. The number of halogens is 1. The summed E-state index contributed by atoms with van der Waals surface area (Å²) in [4.78, 5) is 12.0. The first-order valence-electron chi connectivity index (χ1n) is 4.94. The van der Waals surface area contributed by atoms with E-state index < -0.39 is 0 Å². The average molecular weight is 295 g/mol. The Morgan fingerprint density at radius 1 is 1.53 bits per heavy atom. The van der Waals surface area contributed by atoms with Crippen LogP contribution < -0.4 is 11.1 Å². The summed E-state index contributed by atoms with van der Waals surface area (Å²) in [7, 11) is 0. The number of nitrogen functional groups attached to an aromatic ring is 1. The number of benzene rings is 1. The van der Waals surface area contributed by atoms with Gasteiger partial charge in [-0.2, -0.15) is 5.10 Å². The summed E-state index contributed by atoms with van der Waals surface area (Å²) in [6.45, 7) is 1.92. The van der Waals surface area contributed by atoms with Gasteiger partial charge in [-0.1, -0.05) is 11.6 Å². The maximum Gasteiger partial charge on any atom is 0.258 e. The second-order valence-electron chi connectivity index (χ2n) is 3.64. The van der Waals surface area contributed by atoms with Crippen LogP contribution in [-0.2, 0) is 0 Å². The molecule has 0 fully saturated rings. The second kappa shape index (κ2) is 4.58. The molecule has 0 bridgehead atoms. The van der Waals surface area contributed by atoms with Crippen LogP contribution >= 0.6 is 15.9 Å². The molecule has 1 heterocycles. The van der Waals surface area contributed by atoms with Crippen molar-refractivity contribution in [3.8, 4) is 0 Å². The summed E-state index contributed by atoms with van der Waals surface area (Å²) in [5, 5.41) is 9.01. The van der Waals surface area contributed by atoms with Gasteiger partial charge in [0.25, 0.3) is 5.91 Å². The highest BCUT2D eigenvalue weighted by molar-refractivity contribution is 9.10. The predicted molar refractivity (Wildman–Crippen MR) is 69.8 cm³/mol. The molecule has 2 rings (SSSR count). The topological polar surface area (TPSA) is 83.8 Å². The van der Waals surface area contributed by atoms with Gasteiger partial charge < -0.3 is 11.1 Å². The number of aryl methyl sites for hydroxylation is 1. The van der Waals surface area contributed by atoms with Crippen LogP contribution in [-0.4, -0.2) is 16.1 Å². The van der Waals surface area contributed by atoms with Crippen molar-refractivity contribution < 1.29 is 4.79 Å². The molecule has 0 saturated carbocycles. The van der Waals surface area contributed by atoms with Crippen molar-refractivity contribution in [3.05, 3.63) is 40.0 Å². The van der Waals surface area contributed by atoms with E-state index in [1.54, 1.807) is 6.07 Å². The van der Waals surface area contributed by atoms with Gasteiger partial charge in [-0.15, -0.1) is 0 Å². The molecular weight excluding hydrogens is 284 g/mol. The fraction of sp³-hybridized carbons (Fsp3) is 0.0909. The van der Waals surface area contributed by atoms with E-state index >= 15 is 0 Å². The number of rotatable bonds is 2. The minimum atomic E-state index is -0.239. The van der Waals surface area contributed by atoms with Crippen LogP contribution in [0, 0.1) is 6.92 Å². The van der Waals surface area contributed by atoms with Crippen molar-refractivity contribution in [1.82, 2.24) is 10.2 Å². The summed E-state index contributed by atoms with van der Waals surface area (Å²) < 4.78 is 0.735. The SMILES string of the molecule is Cc1ccc(Br)c(C(=O)Nc2[nH]ncc2N)c1. The van der Waals surface area contributed by atoms with E-state index in [9.17, 15) is 4.79 Å². The van der Waals surface area contributed by atoms with E-state index in [1.165, 1.54) is 6.20 Å². The van der Waals surface area contributed by atoms with E-state index in [-0.39, 0.29) is 5.91 Å². The highest BCUT2D eigenvalue weighted by Gasteiger charge is 2.12. The van der Waals surface area contributed by atoms with Crippen molar-refractivity contribution in [2.75, 3.05) is 11.1 Å². The van der Waals surface area contributed by atoms with Crippen molar-refractivity contribution >= 4 is 33.3 Å². The van der Waals surface area contributed by atoms with Gasteiger partial charge in [0.2, 0.25) is 0 Å². The van der Waals surface area contributed by atoms with Gasteiger partial charge in [0.1, 0.15) is 0 Å². The van der Waals surface area contributed by atoms with E-state index in [2.05, 4.69) is 31.4 Å². The quantitative estimate of drug-likeness (QED) is 0.795. The molecule has 2 aromatic rings. The van der Waals surface area contributed by atoms with Gasteiger partial charge in [-0.05, 0) is 35.0 Å². The molecule has 4 N–H and O–H groups in total. The first-order valence-corrected chi connectivity index (χ1v) is 5.73. The zero-order chi connectivity index (χ0) is 12.4. The number of carbonyl (C=O) groups is 1. The van der Waals surface area contributed by atoms with Crippen LogP contribution in [0.2, 0.25) is 0 Å². The molecule has 0 aliphatic rings. The highest BCUT2D eigenvalue weighted by atomic mass is 79.9. The van der Waals surface area contributed by atoms with Crippen LogP contribution in [0.3, 0.4) is 0 Å². The Kier molecular flexibility index (Phi) is 3.14. The van der Waals surface area contributed by atoms with Gasteiger partial charge >= 0.3 is 0 Å². The number of nitrogens with two attached hydrogens (primary N) is 1. The highest BCUT2D eigenvalue weighted by Crippen LogP contribution is 2.20. The predicted octanol–water partition coefficient (Wildman–Crippen LogP) is 2.32. The number of aromatic amines is 1. The number of amides is 1. The number of anilines is 2. The van der Waals surface area contributed by atoms with E-state index in [0.717, 1.165) is 10.0 Å². The van der Waals surface area contributed by atoms with Gasteiger partial charge in [0.15, 0.2) is 5.82 Å². The second-order valence-corrected chi connectivity index (χ2v) is 4.49. The molecule has 0 radical (unpaired) electrons. The number of aromatic nitrogens is 2. The molecule has 0 saturated heterocycles. The zero-order valence-corrected chi connectivity index (χ0v) is 10.7. The Morgan fingerprint density at radius 3 is 2.94 bits per heavy atom. The van der Waals surface area contributed by atoms with Gasteiger partial charge in [0, 0.05) is 4.47 Å². The molecular formula is C11H11BrN4O. The molecule has 6 heteroatoms. The van der Waals surface area contributed by atoms with E-state index in [1.807, 2.05) is 19.1 Å². The third-order valence-corrected chi connectivity index (χ3v) is 2.97. The standard InChI is InChI=1S/C11H11BrN4O/c1-6-2-3-8(12)7(4-6)11(17)15-10-9(13)5-14-16-10/h2-5H,13H2,1H3,(H2,14,15,16,17). The number of nitrogens with zero attached hydrogens (tertiary/aromatic N) is 1. The minimum Gasteiger partial charge on any atom is -0.394 e. The molecule has 5 nitrogen and oxygen atoms in total. The molecule has 1 aromatic heterocycles. The third kappa shape index (κ3) is 2.47. The molecule has 0 aliphatic carbocycles. The summed E-state index contributed by atoms with van der Waals surface area (Å²) in [6.07, 6.45) is 1.45. The number of nitrogens with one attached hydrogen (secondary N) is 2. The Bertz CT molecular complexity index is 564. The van der Waals surface area contributed by atoms with Crippen molar-refractivity contribution in [1.29, 1.82) is 0 Å². The minimum absolute atomic E-state index is 0.239. The number of hydrogen-bond acceptors (Lipinski definition) is 3. The molecule has 1 aromatic carbocycles. The van der Waals surface area contributed by atoms with Crippen LogP contribution in [0.1, 0.15) is 15.9 Å². The van der Waals surface area contributed by atoms with Crippen LogP contribution in [0.15, 0.2) is 28.9 Å². The van der Waals surface area contributed by atoms with Crippen molar-refractivity contribution in [2.45, 2.75) is 6.92 Å². The monoisotopic (exact) mass is 294 g/mol. The van der Waals surface area contributed by atoms with Crippen molar-refractivity contribution in [3.63, 3.8) is 0 Å². The molecule has 1 amide bonds. The summed E-state index contributed by atoms with van der Waals surface area (Å²) in [5.74, 6) is 0.167. The fourth-order valence-electron chi connectivity index (χ4n) is 1.39. The van der Waals surface area contributed by atoms with Gasteiger partial charge in [0.05, 0.1) is 17.4 Å². The average Bonchev–Trinajstić information content (AvgIpc) is 2.68. The largest absolute Gasteiger partial charge is 0.394 e. The lowest BCUT2D eigenvalue weighted by atomic mass is 10.1. The molecule has 88 valence electrons. The summed E-state index contributed by atoms with van der Waals surface area (Å²) >= 11 is 3.34. The van der Waals surface area contributed by atoms with Crippen molar-refractivity contribution in [2.24, 2.45) is 0 Å². The Morgan fingerprint density at radius 2 is 2.29 bits per heavy atom. The third-order valence-electron chi connectivity index (χ3n) is 2.27. The maximum atomic E-state index is 12.0. The number of hydrogen-bond donors (Lipinski definition) is 3. The summed E-state index contributed by atoms with van der Waals surface area (Å²) in [6, 6.07) is 5.55. The molecule has 0 spiro atoms. The molecule has 0 unspecified atom stereocenters. The van der Waals surface area contributed by atoms with Crippen LogP contribution in [0.5, 0.6) is 0 Å². The fourth-order valence-corrected chi connectivity index (χ4v) is 1.82. The molecule has 0 atom stereocenters. The lowest BCUT2D eigenvalue weighted by Crippen LogP contribution is -2.14. The Balaban J connectivity index is 2.26. The lowest BCUT2D eigenvalue weighted by molar-refractivity contribution is 0.102. The Hall–Kier alpha value is -1.82. The molecule has 17 heavy (non-hydrogen) atoms. The normalized spacial score (nSPS) is 10.2. The number of H-pyrrole nitrogens is 1. The van der Waals surface area contributed by atoms with Crippen LogP contribution in [0.25, 0.3) is 0 Å². The van der Waals surface area contributed by atoms with Crippen LogP contribution in [0.4, 0.5) is 11.5 Å². The smallest absolute Gasteiger partial charge is 0.258 e. The Labute approximate surface area is 107 Å². The zero-order valence-electron chi connectivity index (χ0n) is 9.12. The van der Waals surface area contributed by atoms with Gasteiger partial charge in [-0.25, -0.2) is 0 Å². The number of carbonyl (C=O) groups excluding carboxylic acids is 1. The van der Waals surface area contributed by atoms with E-state index in [0.29, 0.717) is 17.1 Å². The first-order chi connectivity index (χ1) is 8.08. The first kappa shape index (κ1) is 11.7. The lowest BCUT2D eigenvalue weighted by Gasteiger charge is -2.06.